The molecular formula is C31H37N3O6S. The largest absolute Gasteiger partial charge is 0.465 e. The van der Waals surface area contributed by atoms with Crippen LogP contribution < -0.4 is 10.5 Å². The Morgan fingerprint density at radius 1 is 1.00 bits per heavy atom. The summed E-state index contributed by atoms with van der Waals surface area (Å²) in [6, 6.07) is 20.3. The van der Waals surface area contributed by atoms with Crippen LogP contribution in [0.3, 0.4) is 0 Å². The monoisotopic (exact) mass is 579 g/mol. The summed E-state index contributed by atoms with van der Waals surface area (Å²) in [6.45, 7) is 0.255. The van der Waals surface area contributed by atoms with E-state index in [1.807, 2.05) is 36.4 Å². The first-order chi connectivity index (χ1) is 19.5. The minimum atomic E-state index is -3.67. The first-order valence-electron chi connectivity index (χ1n) is 13.8. The van der Waals surface area contributed by atoms with Gasteiger partial charge in [-0.2, -0.15) is 0 Å². The van der Waals surface area contributed by atoms with Gasteiger partial charge in [0.15, 0.2) is 0 Å². The number of nitrogens with two attached hydrogens (primary N) is 1. The zero-order valence-electron chi connectivity index (χ0n) is 23.1. The molecule has 0 bridgehead atoms. The lowest BCUT2D eigenvalue weighted by molar-refractivity contribution is 0.0962. The van der Waals surface area contributed by atoms with Crippen molar-refractivity contribution in [1.29, 1.82) is 0 Å². The molecule has 5 N–H and O–H groups in total. The highest BCUT2D eigenvalue weighted by Crippen LogP contribution is 2.38. The van der Waals surface area contributed by atoms with E-state index in [2.05, 4.69) is 4.72 Å². The maximum absolute atomic E-state index is 12.7. The minimum absolute atomic E-state index is 0.0281. The number of nitrogens with zero attached hydrogens (tertiary/aromatic N) is 1. The Labute approximate surface area is 241 Å². The van der Waals surface area contributed by atoms with Crippen LogP contribution in [0.5, 0.6) is 0 Å². The van der Waals surface area contributed by atoms with Gasteiger partial charge in [0.25, 0.3) is 5.91 Å². The van der Waals surface area contributed by atoms with E-state index in [0.717, 1.165) is 54.2 Å². The summed E-state index contributed by atoms with van der Waals surface area (Å²) in [5, 5.41) is 20.1. The molecule has 3 aromatic carbocycles. The first kappa shape index (κ1) is 30.1. The predicted molar refractivity (Wildman–Crippen MR) is 159 cm³/mol. The van der Waals surface area contributed by atoms with E-state index in [-0.39, 0.29) is 19.0 Å². The predicted octanol–water partition coefficient (Wildman–Crippen LogP) is 4.93. The Hall–Kier alpha value is -3.89. The molecule has 3 aromatic rings. The lowest BCUT2D eigenvalue weighted by Crippen LogP contribution is -2.34. The number of amides is 2. The molecule has 1 atom stereocenters. The zero-order valence-corrected chi connectivity index (χ0v) is 23.9. The number of anilines is 1. The number of carbonyl (C=O) groups is 2. The average Bonchev–Trinajstić information content (AvgIpc) is 3.47. The number of nitrogen functional groups attached to an aromatic ring is 1. The summed E-state index contributed by atoms with van der Waals surface area (Å²) in [4.78, 5) is 25.7. The summed E-state index contributed by atoms with van der Waals surface area (Å²) in [6.07, 6.45) is 4.30. The summed E-state index contributed by atoms with van der Waals surface area (Å²) < 4.78 is 25.4. The molecule has 0 spiro atoms. The van der Waals surface area contributed by atoms with Crippen LogP contribution in [0.25, 0.3) is 11.1 Å². The van der Waals surface area contributed by atoms with Crippen molar-refractivity contribution in [2.24, 2.45) is 0 Å². The summed E-state index contributed by atoms with van der Waals surface area (Å²) in [5.41, 5.74) is 11.1. The Balaban J connectivity index is 1.40. The van der Waals surface area contributed by atoms with E-state index in [1.54, 1.807) is 30.3 Å². The number of nitrogens with one attached hydrogen (secondary N) is 1. The van der Waals surface area contributed by atoms with Crippen molar-refractivity contribution >= 4 is 27.7 Å². The van der Waals surface area contributed by atoms with Crippen molar-refractivity contribution in [1.82, 2.24) is 9.62 Å². The SMILES string of the molecule is CS(=O)(=O)NC(=O)c1ccc(-c2ccc(CCCN(C[C@H](O)c3ccc(N)cc3)C(=O)O)cc2)cc1C1CCCC1. The molecule has 9 nitrogen and oxygen atoms in total. The van der Waals surface area contributed by atoms with Gasteiger partial charge in [-0.3, -0.25) is 4.79 Å². The third-order valence-electron chi connectivity index (χ3n) is 7.54. The second-order valence-corrected chi connectivity index (χ2v) is 12.4. The summed E-state index contributed by atoms with van der Waals surface area (Å²) in [7, 11) is -3.67. The lowest BCUT2D eigenvalue weighted by Gasteiger charge is -2.22. The van der Waals surface area contributed by atoms with E-state index in [4.69, 9.17) is 5.73 Å². The molecule has 0 aromatic heterocycles. The van der Waals surface area contributed by atoms with Crippen LogP contribution in [-0.4, -0.2) is 54.9 Å². The van der Waals surface area contributed by atoms with Crippen LogP contribution in [0.1, 0.15) is 71.2 Å². The van der Waals surface area contributed by atoms with Crippen molar-refractivity contribution < 1.29 is 28.2 Å². The van der Waals surface area contributed by atoms with Crippen molar-refractivity contribution in [2.75, 3.05) is 25.1 Å². The van der Waals surface area contributed by atoms with Crippen molar-refractivity contribution in [3.05, 3.63) is 89.0 Å². The number of hydrogen-bond acceptors (Lipinski definition) is 6. The summed E-state index contributed by atoms with van der Waals surface area (Å²) >= 11 is 0. The van der Waals surface area contributed by atoms with Crippen LogP contribution in [-0.2, 0) is 16.4 Å². The molecule has 0 aliphatic heterocycles. The van der Waals surface area contributed by atoms with Crippen LogP contribution in [0.4, 0.5) is 10.5 Å². The Morgan fingerprint density at radius 2 is 1.63 bits per heavy atom. The number of hydrogen-bond donors (Lipinski definition) is 4. The molecule has 0 unspecified atom stereocenters. The van der Waals surface area contributed by atoms with Crippen LogP contribution in [0, 0.1) is 0 Å². The van der Waals surface area contributed by atoms with Gasteiger partial charge in [-0.15, -0.1) is 0 Å². The Bertz CT molecular complexity index is 1470. The second-order valence-electron chi connectivity index (χ2n) is 10.7. The van der Waals surface area contributed by atoms with Crippen LogP contribution in [0.2, 0.25) is 0 Å². The molecule has 218 valence electrons. The normalized spacial score (nSPS) is 14.5. The standard InChI is InChI=1S/C31H37N3O6S/c1-41(39,40)33-30(36)27-17-14-25(19-28(27)23-6-2-3-7-23)22-10-8-21(9-11-22)5-4-18-34(31(37)38)20-29(35)24-12-15-26(32)16-13-24/h8-17,19,23,29,35H,2-7,18,20,32H2,1H3,(H,33,36)(H,37,38)/t29-/m0/s1. The van der Waals surface area contributed by atoms with Gasteiger partial charge in [-0.25, -0.2) is 17.9 Å². The van der Waals surface area contributed by atoms with Crippen molar-refractivity contribution in [3.63, 3.8) is 0 Å². The molecule has 10 heteroatoms. The molecule has 0 heterocycles. The van der Waals surface area contributed by atoms with E-state index in [1.165, 1.54) is 4.90 Å². The number of aliphatic hydroxyl groups is 1. The molecule has 0 saturated heterocycles. The van der Waals surface area contributed by atoms with Gasteiger partial charge < -0.3 is 20.8 Å². The van der Waals surface area contributed by atoms with Crippen molar-refractivity contribution in [2.45, 2.75) is 50.5 Å². The Kier molecular flexibility index (Phi) is 9.67. The fourth-order valence-corrected chi connectivity index (χ4v) is 5.83. The van der Waals surface area contributed by atoms with Gasteiger partial charge in [-0.1, -0.05) is 61.4 Å². The Morgan fingerprint density at radius 3 is 2.24 bits per heavy atom. The highest BCUT2D eigenvalue weighted by molar-refractivity contribution is 7.89. The van der Waals surface area contributed by atoms with Gasteiger partial charge in [0.1, 0.15) is 0 Å². The lowest BCUT2D eigenvalue weighted by atomic mass is 9.89. The quantitative estimate of drug-likeness (QED) is 0.235. The van der Waals surface area contributed by atoms with E-state index in [9.17, 15) is 28.2 Å². The molecule has 1 saturated carbocycles. The molecule has 41 heavy (non-hydrogen) atoms. The van der Waals surface area contributed by atoms with Gasteiger partial charge in [-0.05, 0) is 77.6 Å². The number of aryl methyl sites for hydroxylation is 1. The number of rotatable bonds is 11. The minimum Gasteiger partial charge on any atom is -0.465 e. The maximum Gasteiger partial charge on any atom is 0.407 e. The highest BCUT2D eigenvalue weighted by Gasteiger charge is 2.24. The third kappa shape index (κ3) is 8.31. The van der Waals surface area contributed by atoms with E-state index in [0.29, 0.717) is 29.7 Å². The van der Waals surface area contributed by atoms with Gasteiger partial charge in [0.05, 0.1) is 18.9 Å². The van der Waals surface area contributed by atoms with Crippen LogP contribution >= 0.6 is 0 Å². The number of benzene rings is 3. The first-order valence-corrected chi connectivity index (χ1v) is 15.7. The average molecular weight is 580 g/mol. The van der Waals surface area contributed by atoms with Crippen molar-refractivity contribution in [3.8, 4) is 11.1 Å². The molecule has 2 amide bonds. The molecule has 4 rings (SSSR count). The molecule has 1 aliphatic carbocycles. The fraction of sp³-hybridized carbons (Fsp3) is 0.355. The van der Waals surface area contributed by atoms with E-state index < -0.39 is 28.1 Å². The van der Waals surface area contributed by atoms with Crippen LogP contribution in [0.15, 0.2) is 66.7 Å². The second kappa shape index (κ2) is 13.2. The number of sulfonamides is 1. The molecule has 1 fully saturated rings. The maximum atomic E-state index is 12.7. The van der Waals surface area contributed by atoms with Gasteiger partial charge >= 0.3 is 6.09 Å². The smallest absolute Gasteiger partial charge is 0.407 e. The highest BCUT2D eigenvalue weighted by atomic mass is 32.2. The van der Waals surface area contributed by atoms with E-state index >= 15 is 0 Å². The third-order valence-corrected chi connectivity index (χ3v) is 8.09. The fourth-order valence-electron chi connectivity index (χ4n) is 5.38. The summed E-state index contributed by atoms with van der Waals surface area (Å²) in [5.74, 6) is -0.391. The number of aliphatic hydroxyl groups excluding tert-OH is 1. The topological polar surface area (TPSA) is 150 Å². The number of carbonyl (C=O) groups excluding carboxylic acids is 1. The molecular weight excluding hydrogens is 542 g/mol. The van der Waals surface area contributed by atoms with Gasteiger partial charge in [0.2, 0.25) is 10.0 Å². The zero-order chi connectivity index (χ0) is 29.6. The molecule has 1 aliphatic rings. The number of carboxylic acid groups (broad SMARTS) is 1. The molecule has 0 radical (unpaired) electrons. The van der Waals surface area contributed by atoms with Gasteiger partial charge in [0, 0.05) is 17.8 Å².